The molecule has 0 aliphatic carbocycles. The average Bonchev–Trinajstić information content (AvgIpc) is 3.33. The number of nitrogens with zero attached hydrogens (tertiary/aromatic N) is 4. The highest BCUT2D eigenvalue weighted by Crippen LogP contribution is 2.25. The summed E-state index contributed by atoms with van der Waals surface area (Å²) in [5, 5.41) is 7.47. The number of rotatable bonds is 6. The second-order valence-electron chi connectivity index (χ2n) is 7.71. The van der Waals surface area contributed by atoms with Crippen molar-refractivity contribution in [3.63, 3.8) is 0 Å². The van der Waals surface area contributed by atoms with Crippen molar-refractivity contribution in [1.82, 2.24) is 14.9 Å². The van der Waals surface area contributed by atoms with E-state index in [9.17, 15) is 0 Å². The number of aromatic nitrogens is 2. The van der Waals surface area contributed by atoms with Gasteiger partial charge in [-0.2, -0.15) is 4.98 Å². The molecular formula is C24H24ClN5S. The third-order valence-electron chi connectivity index (χ3n) is 5.58. The van der Waals surface area contributed by atoms with Crippen LogP contribution in [-0.4, -0.2) is 41.0 Å². The summed E-state index contributed by atoms with van der Waals surface area (Å²) in [4.78, 5) is 15.8. The molecule has 0 saturated carbocycles. The van der Waals surface area contributed by atoms with E-state index >= 15 is 0 Å². The highest BCUT2D eigenvalue weighted by Gasteiger charge is 2.20. The second-order valence-corrected chi connectivity index (χ2v) is 9.18. The summed E-state index contributed by atoms with van der Waals surface area (Å²) >= 11 is 7.76. The van der Waals surface area contributed by atoms with Crippen LogP contribution in [0.4, 0.5) is 11.8 Å². The number of anilines is 2. The van der Waals surface area contributed by atoms with Crippen LogP contribution in [0.15, 0.2) is 66.0 Å². The lowest BCUT2D eigenvalue weighted by atomic mass is 10.2. The molecule has 0 amide bonds. The van der Waals surface area contributed by atoms with Gasteiger partial charge in [0.15, 0.2) is 0 Å². The summed E-state index contributed by atoms with van der Waals surface area (Å²) in [5.74, 6) is 1.70. The zero-order chi connectivity index (χ0) is 21.0. The van der Waals surface area contributed by atoms with Crippen LogP contribution in [0.1, 0.15) is 10.4 Å². The van der Waals surface area contributed by atoms with Crippen LogP contribution in [0, 0.1) is 0 Å². The summed E-state index contributed by atoms with van der Waals surface area (Å²) < 4.78 is 0. The second kappa shape index (κ2) is 9.22. The van der Waals surface area contributed by atoms with Gasteiger partial charge in [0, 0.05) is 48.0 Å². The first-order valence-electron chi connectivity index (χ1n) is 10.5. The maximum Gasteiger partial charge on any atom is 0.227 e. The van der Waals surface area contributed by atoms with Crippen molar-refractivity contribution < 1.29 is 0 Å². The van der Waals surface area contributed by atoms with Gasteiger partial charge in [0.25, 0.3) is 0 Å². The van der Waals surface area contributed by atoms with E-state index in [4.69, 9.17) is 21.6 Å². The molecule has 1 fully saturated rings. The molecule has 1 N–H and O–H groups in total. The van der Waals surface area contributed by atoms with Crippen molar-refractivity contribution in [2.24, 2.45) is 0 Å². The Hall–Kier alpha value is -2.67. The van der Waals surface area contributed by atoms with E-state index in [0.29, 0.717) is 0 Å². The molecule has 0 atom stereocenters. The number of nitrogens with one attached hydrogen (secondary N) is 1. The molecule has 0 spiro atoms. The van der Waals surface area contributed by atoms with Gasteiger partial charge in [0.2, 0.25) is 5.95 Å². The molecule has 2 aromatic heterocycles. The molecule has 2 aromatic carbocycles. The van der Waals surface area contributed by atoms with Gasteiger partial charge in [-0.25, -0.2) is 4.98 Å². The van der Waals surface area contributed by atoms with Crippen LogP contribution in [0.25, 0.3) is 10.9 Å². The quantitative estimate of drug-likeness (QED) is 0.434. The highest BCUT2D eigenvalue weighted by molar-refractivity contribution is 7.09. The third kappa shape index (κ3) is 4.82. The van der Waals surface area contributed by atoms with E-state index in [1.165, 1.54) is 10.4 Å². The van der Waals surface area contributed by atoms with Gasteiger partial charge in [0.1, 0.15) is 5.82 Å². The minimum absolute atomic E-state index is 0.771. The normalized spacial score (nSPS) is 14.8. The molecule has 1 aliphatic heterocycles. The van der Waals surface area contributed by atoms with Crippen LogP contribution >= 0.6 is 22.9 Å². The summed E-state index contributed by atoms with van der Waals surface area (Å²) in [6.45, 7) is 5.50. The number of piperazine rings is 1. The Labute approximate surface area is 191 Å². The van der Waals surface area contributed by atoms with Gasteiger partial charge >= 0.3 is 0 Å². The maximum atomic E-state index is 6.01. The first kappa shape index (κ1) is 20.2. The molecule has 5 nitrogen and oxygen atoms in total. The number of hydrogen-bond donors (Lipinski definition) is 1. The summed E-state index contributed by atoms with van der Waals surface area (Å²) in [6, 6.07) is 20.6. The van der Waals surface area contributed by atoms with Crippen LogP contribution in [0.5, 0.6) is 0 Å². The standard InChI is InChI=1S/C24H24ClN5S/c25-19-9-7-18(8-10-19)17-29-11-13-30(14-12-29)24-27-22-6-2-1-5-21(22)23(28-24)26-16-20-4-3-15-31-20/h1-10,15H,11-14,16-17H2,(H,26,27,28). The van der Waals surface area contributed by atoms with Crippen molar-refractivity contribution in [2.75, 3.05) is 36.4 Å². The van der Waals surface area contributed by atoms with Crippen molar-refractivity contribution in [1.29, 1.82) is 0 Å². The van der Waals surface area contributed by atoms with Crippen molar-refractivity contribution >= 4 is 45.6 Å². The predicted octanol–water partition coefficient (Wildman–Crippen LogP) is 5.28. The van der Waals surface area contributed by atoms with Gasteiger partial charge < -0.3 is 10.2 Å². The summed E-state index contributed by atoms with van der Waals surface area (Å²) in [5.41, 5.74) is 2.27. The zero-order valence-corrected chi connectivity index (χ0v) is 18.7. The number of fused-ring (bicyclic) bond motifs is 1. The average molecular weight is 450 g/mol. The molecule has 4 aromatic rings. The molecule has 0 radical (unpaired) electrons. The van der Waals surface area contributed by atoms with Crippen LogP contribution < -0.4 is 10.2 Å². The third-order valence-corrected chi connectivity index (χ3v) is 6.70. The van der Waals surface area contributed by atoms with Crippen molar-refractivity contribution in [3.8, 4) is 0 Å². The molecule has 0 bridgehead atoms. The Morgan fingerprint density at radius 2 is 1.71 bits per heavy atom. The lowest BCUT2D eigenvalue weighted by molar-refractivity contribution is 0.249. The topological polar surface area (TPSA) is 44.3 Å². The molecular weight excluding hydrogens is 426 g/mol. The molecule has 158 valence electrons. The fourth-order valence-electron chi connectivity index (χ4n) is 3.88. The molecule has 7 heteroatoms. The van der Waals surface area contributed by atoms with Gasteiger partial charge in [-0.05, 0) is 41.3 Å². The van der Waals surface area contributed by atoms with Gasteiger partial charge in [-0.3, -0.25) is 4.90 Å². The fourth-order valence-corrected chi connectivity index (χ4v) is 4.65. The Kier molecular flexibility index (Phi) is 6.02. The van der Waals surface area contributed by atoms with Gasteiger partial charge in [-0.1, -0.05) is 41.9 Å². The Bertz CT molecular complexity index is 1140. The number of hydrogen-bond acceptors (Lipinski definition) is 6. The number of thiophene rings is 1. The number of para-hydroxylation sites is 1. The minimum atomic E-state index is 0.771. The monoisotopic (exact) mass is 449 g/mol. The molecule has 0 unspecified atom stereocenters. The highest BCUT2D eigenvalue weighted by atomic mass is 35.5. The fraction of sp³-hybridized carbons (Fsp3) is 0.250. The Balaban J connectivity index is 1.30. The lowest BCUT2D eigenvalue weighted by Gasteiger charge is -2.35. The molecule has 3 heterocycles. The van der Waals surface area contributed by atoms with Gasteiger partial charge in [-0.15, -0.1) is 11.3 Å². The van der Waals surface area contributed by atoms with E-state index in [-0.39, 0.29) is 0 Å². The molecule has 1 saturated heterocycles. The largest absolute Gasteiger partial charge is 0.364 e. The van der Waals surface area contributed by atoms with E-state index in [2.05, 4.69) is 56.9 Å². The SMILES string of the molecule is Clc1ccc(CN2CCN(c3nc(NCc4cccs4)c4ccccc4n3)CC2)cc1. The van der Waals surface area contributed by atoms with Gasteiger partial charge in [0.05, 0.1) is 12.1 Å². The van der Waals surface area contributed by atoms with E-state index < -0.39 is 0 Å². The van der Waals surface area contributed by atoms with E-state index in [1.54, 1.807) is 11.3 Å². The van der Waals surface area contributed by atoms with Crippen LogP contribution in [-0.2, 0) is 13.1 Å². The molecule has 5 rings (SSSR count). The molecule has 1 aliphatic rings. The number of benzene rings is 2. The summed E-state index contributed by atoms with van der Waals surface area (Å²) in [6.07, 6.45) is 0. The smallest absolute Gasteiger partial charge is 0.227 e. The zero-order valence-electron chi connectivity index (χ0n) is 17.2. The maximum absolute atomic E-state index is 6.01. The van der Waals surface area contributed by atoms with Crippen molar-refractivity contribution in [3.05, 3.63) is 81.5 Å². The van der Waals surface area contributed by atoms with E-state index in [0.717, 1.165) is 67.0 Å². The minimum Gasteiger partial charge on any atom is -0.364 e. The van der Waals surface area contributed by atoms with Crippen molar-refractivity contribution in [2.45, 2.75) is 13.1 Å². The van der Waals surface area contributed by atoms with Crippen LogP contribution in [0.2, 0.25) is 5.02 Å². The first-order valence-corrected chi connectivity index (χ1v) is 11.8. The first-order chi connectivity index (χ1) is 15.2. The Morgan fingerprint density at radius 3 is 2.48 bits per heavy atom. The lowest BCUT2D eigenvalue weighted by Crippen LogP contribution is -2.46. The van der Waals surface area contributed by atoms with Crippen LogP contribution in [0.3, 0.4) is 0 Å². The molecule has 31 heavy (non-hydrogen) atoms. The Morgan fingerprint density at radius 1 is 0.903 bits per heavy atom. The number of halogens is 1. The predicted molar refractivity (Wildman–Crippen MR) is 130 cm³/mol. The van der Waals surface area contributed by atoms with E-state index in [1.807, 2.05) is 24.3 Å². The summed E-state index contributed by atoms with van der Waals surface area (Å²) in [7, 11) is 0.